The fourth-order valence-electron chi connectivity index (χ4n) is 2.97. The molecule has 4 heteroatoms. The Hall–Kier alpha value is -3.14. The predicted octanol–water partition coefficient (Wildman–Crippen LogP) is 4.55. The summed E-state index contributed by atoms with van der Waals surface area (Å²) in [5, 5.41) is 4.84. The monoisotopic (exact) mass is 332 g/mol. The lowest BCUT2D eigenvalue weighted by Crippen LogP contribution is -2.29. The van der Waals surface area contributed by atoms with E-state index in [9.17, 15) is 9.59 Å². The molecule has 0 unspecified atom stereocenters. The molecule has 3 rings (SSSR count). The van der Waals surface area contributed by atoms with Crippen LogP contribution in [-0.2, 0) is 9.59 Å². The molecule has 0 aromatic heterocycles. The average molecular weight is 332 g/mol. The molecule has 2 amide bonds. The summed E-state index contributed by atoms with van der Waals surface area (Å²) in [6.45, 7) is 3.82. The normalized spacial score (nSPS) is 15.8. The number of carbonyl (C=O) groups excluding carboxylic acids is 2. The van der Waals surface area contributed by atoms with E-state index in [-0.39, 0.29) is 18.2 Å². The minimum Gasteiger partial charge on any atom is -0.323 e. The van der Waals surface area contributed by atoms with Gasteiger partial charge in [0.2, 0.25) is 11.8 Å². The lowest BCUT2D eigenvalue weighted by Gasteiger charge is -2.24. The quantitative estimate of drug-likeness (QED) is 0.662. The number of anilines is 2. The second-order valence-corrected chi connectivity index (χ2v) is 5.75. The fourth-order valence-corrected chi connectivity index (χ4v) is 2.97. The summed E-state index contributed by atoms with van der Waals surface area (Å²) in [6, 6.07) is 11.7. The van der Waals surface area contributed by atoms with Crippen LogP contribution < -0.4 is 10.2 Å². The molecule has 1 heterocycles. The van der Waals surface area contributed by atoms with Gasteiger partial charge in [0.05, 0.1) is 11.4 Å². The number of benzene rings is 2. The Morgan fingerprint density at radius 1 is 1.08 bits per heavy atom. The summed E-state index contributed by atoms with van der Waals surface area (Å²) in [5.74, 6) is -0.545. The molecule has 0 fully saturated rings. The van der Waals surface area contributed by atoms with Crippen molar-refractivity contribution in [2.24, 2.45) is 0 Å². The van der Waals surface area contributed by atoms with Gasteiger partial charge in [-0.2, -0.15) is 0 Å². The van der Waals surface area contributed by atoms with E-state index in [4.69, 9.17) is 0 Å². The van der Waals surface area contributed by atoms with E-state index < -0.39 is 0 Å². The summed E-state index contributed by atoms with van der Waals surface area (Å²) in [6.07, 6.45) is 9.20. The number of carbonyl (C=O) groups is 2. The number of allylic oxidation sites excluding steroid dienone is 5. The third kappa shape index (κ3) is 3.24. The van der Waals surface area contributed by atoms with E-state index in [1.807, 2.05) is 80.6 Å². The van der Waals surface area contributed by atoms with Crippen LogP contribution in [0.3, 0.4) is 0 Å². The van der Waals surface area contributed by atoms with Gasteiger partial charge in [-0.05, 0) is 37.5 Å². The maximum absolute atomic E-state index is 12.8. The second kappa shape index (κ2) is 7.18. The zero-order valence-electron chi connectivity index (χ0n) is 14.3. The third-order valence-electron chi connectivity index (χ3n) is 4.03. The van der Waals surface area contributed by atoms with Crippen molar-refractivity contribution in [3.8, 4) is 0 Å². The molecule has 0 spiro atoms. The van der Waals surface area contributed by atoms with Crippen LogP contribution in [0, 0.1) is 0 Å². The van der Waals surface area contributed by atoms with Gasteiger partial charge in [-0.1, -0.05) is 48.6 Å². The number of rotatable bonds is 3. The Morgan fingerprint density at radius 2 is 1.88 bits per heavy atom. The van der Waals surface area contributed by atoms with Crippen molar-refractivity contribution in [2.75, 3.05) is 10.2 Å². The molecule has 0 saturated carbocycles. The first kappa shape index (κ1) is 16.7. The van der Waals surface area contributed by atoms with Crippen molar-refractivity contribution in [1.82, 2.24) is 0 Å². The minimum absolute atomic E-state index is 0.187. The molecular weight excluding hydrogens is 312 g/mol. The van der Waals surface area contributed by atoms with E-state index in [2.05, 4.69) is 5.32 Å². The molecule has 0 radical (unpaired) electrons. The zero-order chi connectivity index (χ0) is 17.8. The number of hydrogen-bond donors (Lipinski definition) is 1. The fraction of sp³-hybridized carbons (Fsp3) is 0.143. The number of hydrogen-bond acceptors (Lipinski definition) is 2. The highest BCUT2D eigenvalue weighted by atomic mass is 16.2. The standard InChI is InChI=1S/C21H20N2O2/c1-3-5-10-16(8-4-2)23-18-13-12-15-9-6-7-11-17(15)21(18)22-19(24)14-20(23)25/h3-13H,14H2,1-2H3,(H,22,24)/b5-3-,8-4-,16-10+. The van der Waals surface area contributed by atoms with Crippen molar-refractivity contribution >= 4 is 34.0 Å². The highest BCUT2D eigenvalue weighted by molar-refractivity contribution is 6.20. The molecule has 2 aromatic rings. The van der Waals surface area contributed by atoms with Crippen molar-refractivity contribution < 1.29 is 9.59 Å². The molecule has 2 aromatic carbocycles. The van der Waals surface area contributed by atoms with Gasteiger partial charge in [0.15, 0.2) is 0 Å². The van der Waals surface area contributed by atoms with Crippen LogP contribution in [0.4, 0.5) is 11.4 Å². The van der Waals surface area contributed by atoms with Crippen LogP contribution in [0.5, 0.6) is 0 Å². The van der Waals surface area contributed by atoms with Gasteiger partial charge < -0.3 is 5.32 Å². The van der Waals surface area contributed by atoms with Gasteiger partial charge in [0, 0.05) is 11.1 Å². The lowest BCUT2D eigenvalue weighted by atomic mass is 10.1. The van der Waals surface area contributed by atoms with Gasteiger partial charge >= 0.3 is 0 Å². The SMILES string of the molecule is C\C=C/C=C(\C=C/C)N1C(=O)CC(=O)Nc2c1ccc1ccccc21. The topological polar surface area (TPSA) is 49.4 Å². The highest BCUT2D eigenvalue weighted by Gasteiger charge is 2.28. The summed E-state index contributed by atoms with van der Waals surface area (Å²) >= 11 is 0. The summed E-state index contributed by atoms with van der Waals surface area (Å²) < 4.78 is 0. The van der Waals surface area contributed by atoms with Gasteiger partial charge in [-0.25, -0.2) is 0 Å². The maximum atomic E-state index is 12.8. The average Bonchev–Trinajstić information content (AvgIpc) is 2.73. The molecule has 0 atom stereocenters. The Morgan fingerprint density at radius 3 is 2.64 bits per heavy atom. The number of amides is 2. The Bertz CT molecular complexity index is 923. The first-order valence-electron chi connectivity index (χ1n) is 8.26. The molecule has 1 N–H and O–H groups in total. The lowest BCUT2D eigenvalue weighted by molar-refractivity contribution is -0.124. The van der Waals surface area contributed by atoms with Crippen LogP contribution >= 0.6 is 0 Å². The van der Waals surface area contributed by atoms with E-state index in [1.54, 1.807) is 4.90 Å². The smallest absolute Gasteiger partial charge is 0.241 e. The molecule has 1 aliphatic heterocycles. The molecule has 0 bridgehead atoms. The van der Waals surface area contributed by atoms with E-state index in [0.29, 0.717) is 11.4 Å². The Kier molecular flexibility index (Phi) is 4.80. The van der Waals surface area contributed by atoms with Crippen molar-refractivity contribution in [1.29, 1.82) is 0 Å². The molecule has 4 nitrogen and oxygen atoms in total. The summed E-state index contributed by atoms with van der Waals surface area (Å²) in [4.78, 5) is 26.6. The molecule has 1 aliphatic rings. The van der Waals surface area contributed by atoms with Crippen LogP contribution in [0.2, 0.25) is 0 Å². The van der Waals surface area contributed by atoms with Gasteiger partial charge in [-0.3, -0.25) is 14.5 Å². The first-order chi connectivity index (χ1) is 12.2. The zero-order valence-corrected chi connectivity index (χ0v) is 14.3. The molecular formula is C21H20N2O2. The maximum Gasteiger partial charge on any atom is 0.241 e. The second-order valence-electron chi connectivity index (χ2n) is 5.75. The van der Waals surface area contributed by atoms with Crippen LogP contribution in [-0.4, -0.2) is 11.8 Å². The van der Waals surface area contributed by atoms with Crippen molar-refractivity contribution in [3.05, 3.63) is 72.5 Å². The van der Waals surface area contributed by atoms with E-state index >= 15 is 0 Å². The molecule has 126 valence electrons. The first-order valence-corrected chi connectivity index (χ1v) is 8.26. The van der Waals surface area contributed by atoms with Crippen LogP contribution in [0.25, 0.3) is 10.8 Å². The van der Waals surface area contributed by atoms with E-state index in [1.165, 1.54) is 0 Å². The summed E-state index contributed by atoms with van der Waals surface area (Å²) in [7, 11) is 0. The molecule has 0 saturated heterocycles. The third-order valence-corrected chi connectivity index (χ3v) is 4.03. The Balaban J connectivity index is 2.28. The molecule has 0 aliphatic carbocycles. The highest BCUT2D eigenvalue weighted by Crippen LogP contribution is 2.38. The van der Waals surface area contributed by atoms with Gasteiger partial charge in [-0.15, -0.1) is 0 Å². The van der Waals surface area contributed by atoms with Crippen molar-refractivity contribution in [3.63, 3.8) is 0 Å². The minimum atomic E-state index is -0.295. The predicted molar refractivity (Wildman–Crippen MR) is 102 cm³/mol. The largest absolute Gasteiger partial charge is 0.323 e. The van der Waals surface area contributed by atoms with Gasteiger partial charge in [0.1, 0.15) is 6.42 Å². The van der Waals surface area contributed by atoms with Crippen molar-refractivity contribution in [2.45, 2.75) is 20.3 Å². The molecule has 25 heavy (non-hydrogen) atoms. The number of nitrogens with one attached hydrogen (secondary N) is 1. The Labute approximate surface area is 147 Å². The number of nitrogens with zero attached hydrogens (tertiary/aromatic N) is 1. The van der Waals surface area contributed by atoms with Crippen LogP contribution in [0.15, 0.2) is 72.5 Å². The van der Waals surface area contributed by atoms with Crippen LogP contribution in [0.1, 0.15) is 20.3 Å². The van der Waals surface area contributed by atoms with Gasteiger partial charge in [0.25, 0.3) is 0 Å². The summed E-state index contributed by atoms with van der Waals surface area (Å²) in [5.41, 5.74) is 2.08. The van der Waals surface area contributed by atoms with E-state index in [0.717, 1.165) is 16.5 Å². The number of fused-ring (bicyclic) bond motifs is 3.